The van der Waals surface area contributed by atoms with Crippen LogP contribution in [0.15, 0.2) is 30.5 Å². The molecule has 0 aliphatic heterocycles. The number of nitrogen functional groups attached to an aromatic ring is 1. The fourth-order valence-electron chi connectivity index (χ4n) is 1.75. The Morgan fingerprint density at radius 3 is 2.59 bits per heavy atom. The van der Waals surface area contributed by atoms with E-state index in [4.69, 9.17) is 22.6 Å². The monoisotopic (exact) mass is 326 g/mol. The lowest BCUT2D eigenvalue weighted by Crippen LogP contribution is -2.08. The van der Waals surface area contributed by atoms with Crippen LogP contribution in [0.2, 0.25) is 5.02 Å². The van der Waals surface area contributed by atoms with Crippen molar-refractivity contribution in [3.63, 3.8) is 0 Å². The van der Waals surface area contributed by atoms with Gasteiger partial charge >= 0.3 is 6.18 Å². The van der Waals surface area contributed by atoms with E-state index in [-0.39, 0.29) is 17.8 Å². The van der Waals surface area contributed by atoms with E-state index >= 15 is 0 Å². The van der Waals surface area contributed by atoms with Crippen LogP contribution in [0.25, 0.3) is 0 Å². The molecule has 0 amide bonds. The van der Waals surface area contributed by atoms with Gasteiger partial charge in [0.05, 0.1) is 34.5 Å². The van der Waals surface area contributed by atoms with Gasteiger partial charge in [-0.05, 0) is 23.8 Å². The van der Waals surface area contributed by atoms with Crippen molar-refractivity contribution in [3.05, 3.63) is 46.6 Å². The number of nitrogens with zero attached hydrogens (tertiary/aromatic N) is 2. The maximum atomic E-state index is 12.7. The van der Waals surface area contributed by atoms with Gasteiger partial charge in [0.25, 0.3) is 0 Å². The van der Waals surface area contributed by atoms with E-state index in [9.17, 15) is 13.2 Å². The average molecular weight is 327 g/mol. The van der Waals surface area contributed by atoms with Crippen molar-refractivity contribution < 1.29 is 13.2 Å². The van der Waals surface area contributed by atoms with Crippen LogP contribution in [-0.2, 0) is 12.6 Å². The third-order valence-electron chi connectivity index (χ3n) is 2.82. The van der Waals surface area contributed by atoms with Crippen LogP contribution in [0.4, 0.5) is 30.4 Å². The molecule has 1 aromatic heterocycles. The first-order valence-electron chi connectivity index (χ1n) is 6.06. The number of nitrogens with two attached hydrogens (primary N) is 1. The minimum atomic E-state index is -4.57. The van der Waals surface area contributed by atoms with Gasteiger partial charge in [-0.3, -0.25) is 0 Å². The zero-order chi connectivity index (χ0) is 16.3. The molecule has 8 heteroatoms. The topological polar surface area (TPSA) is 74.7 Å². The lowest BCUT2D eigenvalue weighted by Gasteiger charge is -2.14. The summed E-state index contributed by atoms with van der Waals surface area (Å²) in [5.74, 6) is 0.379. The second-order valence-electron chi connectivity index (χ2n) is 4.43. The molecule has 0 saturated carbocycles. The Balaban J connectivity index is 2.27. The molecule has 0 atom stereocenters. The van der Waals surface area contributed by atoms with Gasteiger partial charge in [-0.2, -0.15) is 18.4 Å². The van der Waals surface area contributed by atoms with E-state index in [1.807, 2.05) is 6.07 Å². The van der Waals surface area contributed by atoms with E-state index in [0.717, 1.165) is 17.7 Å². The molecule has 1 aromatic carbocycles. The molecule has 0 radical (unpaired) electrons. The number of rotatable bonds is 3. The van der Waals surface area contributed by atoms with E-state index in [1.54, 1.807) is 12.1 Å². The predicted octanol–water partition coefficient (Wildman–Crippen LogP) is 4.15. The molecule has 0 spiro atoms. The van der Waals surface area contributed by atoms with Gasteiger partial charge in [0, 0.05) is 6.20 Å². The Hall–Kier alpha value is -2.46. The van der Waals surface area contributed by atoms with Crippen molar-refractivity contribution in [2.75, 3.05) is 11.1 Å². The van der Waals surface area contributed by atoms with Crippen molar-refractivity contribution in [2.45, 2.75) is 12.6 Å². The van der Waals surface area contributed by atoms with E-state index in [1.165, 1.54) is 6.20 Å². The number of halogens is 4. The predicted molar refractivity (Wildman–Crippen MR) is 77.7 cm³/mol. The summed E-state index contributed by atoms with van der Waals surface area (Å²) in [5.41, 5.74) is 5.48. The van der Waals surface area contributed by atoms with Gasteiger partial charge in [-0.1, -0.05) is 17.7 Å². The van der Waals surface area contributed by atoms with Gasteiger partial charge in [-0.25, -0.2) is 4.98 Å². The number of anilines is 3. The number of nitrogens with one attached hydrogen (secondary N) is 1. The molecule has 2 aromatic rings. The molecule has 0 bridgehead atoms. The number of benzene rings is 1. The summed E-state index contributed by atoms with van der Waals surface area (Å²) in [5, 5.41) is 10.9. The van der Waals surface area contributed by atoms with Crippen LogP contribution in [0.5, 0.6) is 0 Å². The molecule has 3 N–H and O–H groups in total. The Bertz CT molecular complexity index is 721. The number of pyridine rings is 1. The summed E-state index contributed by atoms with van der Waals surface area (Å²) in [4.78, 5) is 4.05. The Morgan fingerprint density at radius 2 is 2.05 bits per heavy atom. The van der Waals surface area contributed by atoms with Gasteiger partial charge in [-0.15, -0.1) is 0 Å². The number of nitriles is 1. The van der Waals surface area contributed by atoms with Gasteiger partial charge in [0.15, 0.2) is 0 Å². The highest BCUT2D eigenvalue weighted by Crippen LogP contribution is 2.39. The zero-order valence-electron chi connectivity index (χ0n) is 11.1. The molecular weight excluding hydrogens is 317 g/mol. The van der Waals surface area contributed by atoms with Crippen LogP contribution < -0.4 is 11.1 Å². The zero-order valence-corrected chi connectivity index (χ0v) is 11.8. The third-order valence-corrected chi connectivity index (χ3v) is 3.13. The molecule has 22 heavy (non-hydrogen) atoms. The highest BCUT2D eigenvalue weighted by Gasteiger charge is 2.33. The highest BCUT2D eigenvalue weighted by atomic mass is 35.5. The first-order valence-corrected chi connectivity index (χ1v) is 6.44. The van der Waals surface area contributed by atoms with Crippen LogP contribution >= 0.6 is 11.6 Å². The van der Waals surface area contributed by atoms with Crippen molar-refractivity contribution >= 4 is 28.8 Å². The number of hydrogen-bond donors (Lipinski definition) is 2. The van der Waals surface area contributed by atoms with Crippen LogP contribution in [0.3, 0.4) is 0 Å². The normalized spacial score (nSPS) is 11.0. The standard InChI is InChI=1S/C14H10ClF3N4/c15-10-6-12(11(20)5-9(10)14(16,17)18)22-13-2-1-8(3-4-19)7-21-13/h1-2,5-7H,3,20H2,(H,21,22). The summed E-state index contributed by atoms with van der Waals surface area (Å²) in [6.45, 7) is 0. The number of aromatic nitrogens is 1. The molecule has 0 fully saturated rings. The lowest BCUT2D eigenvalue weighted by molar-refractivity contribution is -0.137. The fourth-order valence-corrected chi connectivity index (χ4v) is 2.02. The van der Waals surface area contributed by atoms with Gasteiger partial charge in [0.1, 0.15) is 5.82 Å². The quantitative estimate of drug-likeness (QED) is 0.831. The molecular formula is C14H10ClF3N4. The van der Waals surface area contributed by atoms with Gasteiger partial charge in [0.2, 0.25) is 0 Å². The van der Waals surface area contributed by atoms with Crippen LogP contribution in [0.1, 0.15) is 11.1 Å². The fraction of sp³-hybridized carbons (Fsp3) is 0.143. The molecule has 0 saturated heterocycles. The summed E-state index contributed by atoms with van der Waals surface area (Å²) >= 11 is 5.65. The van der Waals surface area contributed by atoms with E-state index in [2.05, 4.69) is 10.3 Å². The summed E-state index contributed by atoms with van der Waals surface area (Å²) in [6, 6.07) is 7.14. The number of alkyl halides is 3. The lowest BCUT2D eigenvalue weighted by atomic mass is 10.1. The van der Waals surface area contributed by atoms with Crippen molar-refractivity contribution in [2.24, 2.45) is 0 Å². The Morgan fingerprint density at radius 1 is 1.32 bits per heavy atom. The van der Waals surface area contributed by atoms with Crippen molar-refractivity contribution in [3.8, 4) is 6.07 Å². The van der Waals surface area contributed by atoms with E-state index in [0.29, 0.717) is 5.82 Å². The van der Waals surface area contributed by atoms with Crippen LogP contribution in [-0.4, -0.2) is 4.98 Å². The second kappa shape index (κ2) is 6.12. The average Bonchev–Trinajstić information content (AvgIpc) is 2.43. The molecule has 1 heterocycles. The maximum absolute atomic E-state index is 12.7. The third kappa shape index (κ3) is 3.59. The minimum Gasteiger partial charge on any atom is -0.397 e. The first kappa shape index (κ1) is 15.9. The van der Waals surface area contributed by atoms with Crippen LogP contribution in [0, 0.1) is 11.3 Å². The summed E-state index contributed by atoms with van der Waals surface area (Å²) in [6.07, 6.45) is -2.85. The Labute approximate surface area is 129 Å². The molecule has 0 unspecified atom stereocenters. The van der Waals surface area contributed by atoms with Gasteiger partial charge < -0.3 is 11.1 Å². The summed E-state index contributed by atoms with van der Waals surface area (Å²) < 4.78 is 38.1. The second-order valence-corrected chi connectivity index (χ2v) is 4.84. The molecule has 2 rings (SSSR count). The smallest absolute Gasteiger partial charge is 0.397 e. The summed E-state index contributed by atoms with van der Waals surface area (Å²) in [7, 11) is 0. The molecule has 114 valence electrons. The maximum Gasteiger partial charge on any atom is 0.417 e. The first-order chi connectivity index (χ1) is 10.3. The van der Waals surface area contributed by atoms with Crippen molar-refractivity contribution in [1.29, 1.82) is 5.26 Å². The highest BCUT2D eigenvalue weighted by molar-refractivity contribution is 6.32. The molecule has 0 aliphatic rings. The minimum absolute atomic E-state index is 0.0976. The SMILES string of the molecule is N#CCc1ccc(Nc2cc(Cl)c(C(F)(F)F)cc2N)nc1. The molecule has 4 nitrogen and oxygen atoms in total. The van der Waals surface area contributed by atoms with Crippen molar-refractivity contribution in [1.82, 2.24) is 4.98 Å². The largest absolute Gasteiger partial charge is 0.417 e. The van der Waals surface area contributed by atoms with E-state index < -0.39 is 16.8 Å². The number of hydrogen-bond acceptors (Lipinski definition) is 4. The molecule has 0 aliphatic carbocycles. The Kier molecular flexibility index (Phi) is 4.43.